The highest BCUT2D eigenvalue weighted by Crippen LogP contribution is 2.21. The van der Waals surface area contributed by atoms with E-state index in [-0.39, 0.29) is 18.3 Å². The highest BCUT2D eigenvalue weighted by atomic mass is 79.9. The fourth-order valence-electron chi connectivity index (χ4n) is 1.60. The Balaban J connectivity index is 2.07. The Labute approximate surface area is 127 Å². The van der Waals surface area contributed by atoms with Crippen LogP contribution in [0.5, 0.6) is 0 Å². The summed E-state index contributed by atoms with van der Waals surface area (Å²) in [6.45, 7) is 0.287. The van der Waals surface area contributed by atoms with Gasteiger partial charge in [-0.25, -0.2) is 4.39 Å². The van der Waals surface area contributed by atoms with Crippen molar-refractivity contribution < 1.29 is 9.18 Å². The number of nitrogens with one attached hydrogen (secondary N) is 1. The third-order valence-electron chi connectivity index (χ3n) is 2.52. The molecule has 0 heterocycles. The maximum absolute atomic E-state index is 13.0. The van der Waals surface area contributed by atoms with Crippen molar-refractivity contribution in [2.45, 2.75) is 6.54 Å². The summed E-state index contributed by atoms with van der Waals surface area (Å²) >= 11 is 6.65. The van der Waals surface area contributed by atoms with Crippen molar-refractivity contribution in [1.82, 2.24) is 5.32 Å². The molecule has 0 fully saturated rings. The monoisotopic (exact) mass is 385 g/mol. The van der Waals surface area contributed by atoms with E-state index in [0.29, 0.717) is 10.0 Å². The van der Waals surface area contributed by atoms with Crippen molar-refractivity contribution in [3.8, 4) is 0 Å². The molecule has 0 aliphatic carbocycles. The molecule has 0 aromatic heterocycles. The van der Waals surface area contributed by atoms with Crippen LogP contribution >= 0.6 is 31.9 Å². The predicted octanol–water partition coefficient (Wildman–Crippen LogP) is 4.28. The minimum Gasteiger partial charge on any atom is -0.348 e. The van der Waals surface area contributed by atoms with Gasteiger partial charge in [-0.1, -0.05) is 28.1 Å². The molecule has 1 N–H and O–H groups in total. The molecule has 0 spiro atoms. The first kappa shape index (κ1) is 14.2. The largest absolute Gasteiger partial charge is 0.348 e. The Kier molecular flexibility index (Phi) is 4.71. The zero-order valence-electron chi connectivity index (χ0n) is 9.79. The lowest BCUT2D eigenvalue weighted by Gasteiger charge is -2.07. The van der Waals surface area contributed by atoms with Crippen LogP contribution in [0.3, 0.4) is 0 Å². The Bertz CT molecular complexity index is 616. The lowest BCUT2D eigenvalue weighted by atomic mass is 10.2. The van der Waals surface area contributed by atoms with E-state index in [9.17, 15) is 9.18 Å². The number of hydrogen-bond donors (Lipinski definition) is 1. The van der Waals surface area contributed by atoms with Gasteiger partial charge in [0.1, 0.15) is 5.82 Å². The van der Waals surface area contributed by atoms with Gasteiger partial charge in [-0.2, -0.15) is 0 Å². The summed E-state index contributed by atoms with van der Waals surface area (Å²) in [6.07, 6.45) is 0. The molecular weight excluding hydrogens is 377 g/mol. The van der Waals surface area contributed by atoms with E-state index in [1.165, 1.54) is 12.1 Å². The first-order valence-electron chi connectivity index (χ1n) is 5.54. The summed E-state index contributed by atoms with van der Waals surface area (Å²) in [5.74, 6) is -0.521. The second kappa shape index (κ2) is 6.30. The Morgan fingerprint density at radius 3 is 2.68 bits per heavy atom. The van der Waals surface area contributed by atoms with E-state index in [2.05, 4.69) is 37.2 Å². The van der Waals surface area contributed by atoms with Gasteiger partial charge < -0.3 is 5.32 Å². The van der Waals surface area contributed by atoms with Crippen molar-refractivity contribution in [3.63, 3.8) is 0 Å². The van der Waals surface area contributed by atoms with Crippen LogP contribution in [0.25, 0.3) is 0 Å². The third kappa shape index (κ3) is 3.88. The molecule has 98 valence electrons. The maximum atomic E-state index is 13.0. The number of carbonyl (C=O) groups is 1. The smallest absolute Gasteiger partial charge is 0.252 e. The molecule has 0 aliphatic rings. The molecule has 2 nitrogen and oxygen atoms in total. The zero-order chi connectivity index (χ0) is 13.8. The summed E-state index contributed by atoms with van der Waals surface area (Å²) in [5, 5.41) is 2.75. The molecule has 0 saturated carbocycles. The highest BCUT2D eigenvalue weighted by molar-refractivity contribution is 9.11. The summed E-state index contributed by atoms with van der Waals surface area (Å²) in [6, 6.07) is 11.5. The van der Waals surface area contributed by atoms with E-state index < -0.39 is 0 Å². The van der Waals surface area contributed by atoms with Crippen molar-refractivity contribution >= 4 is 37.8 Å². The molecule has 0 atom stereocenters. The minimum absolute atomic E-state index is 0.211. The SMILES string of the molecule is O=C(NCc1cccc(F)c1)c1cc(Br)ccc1Br. The van der Waals surface area contributed by atoms with E-state index in [0.717, 1.165) is 10.0 Å². The van der Waals surface area contributed by atoms with Gasteiger partial charge in [0.25, 0.3) is 5.91 Å². The summed E-state index contributed by atoms with van der Waals surface area (Å²) in [5.41, 5.74) is 1.25. The van der Waals surface area contributed by atoms with Crippen molar-refractivity contribution in [3.05, 3.63) is 68.4 Å². The molecule has 5 heteroatoms. The lowest BCUT2D eigenvalue weighted by molar-refractivity contribution is 0.0950. The predicted molar refractivity (Wildman–Crippen MR) is 79.4 cm³/mol. The van der Waals surface area contributed by atoms with Gasteiger partial charge in [-0.15, -0.1) is 0 Å². The topological polar surface area (TPSA) is 29.1 Å². The number of halogens is 3. The molecule has 2 rings (SSSR count). The number of hydrogen-bond acceptors (Lipinski definition) is 1. The van der Waals surface area contributed by atoms with Crippen LogP contribution in [0.4, 0.5) is 4.39 Å². The third-order valence-corrected chi connectivity index (χ3v) is 3.70. The minimum atomic E-state index is -0.310. The number of rotatable bonds is 3. The lowest BCUT2D eigenvalue weighted by Crippen LogP contribution is -2.23. The molecule has 2 aromatic carbocycles. The standard InChI is InChI=1S/C14H10Br2FNO/c15-10-4-5-13(16)12(7-10)14(19)18-8-9-2-1-3-11(17)6-9/h1-7H,8H2,(H,18,19). The van der Waals surface area contributed by atoms with Gasteiger partial charge in [-0.3, -0.25) is 4.79 Å². The van der Waals surface area contributed by atoms with Gasteiger partial charge in [0.2, 0.25) is 0 Å². The van der Waals surface area contributed by atoms with E-state index in [1.54, 1.807) is 24.3 Å². The molecule has 1 amide bonds. The van der Waals surface area contributed by atoms with E-state index in [4.69, 9.17) is 0 Å². The number of amides is 1. The van der Waals surface area contributed by atoms with Crippen LogP contribution in [0.15, 0.2) is 51.4 Å². The fourth-order valence-corrected chi connectivity index (χ4v) is 2.38. The summed E-state index contributed by atoms with van der Waals surface area (Å²) < 4.78 is 14.5. The molecule has 0 aliphatic heterocycles. The van der Waals surface area contributed by atoms with E-state index in [1.807, 2.05) is 6.07 Å². The van der Waals surface area contributed by atoms with Crippen LogP contribution < -0.4 is 5.32 Å². The molecule has 0 radical (unpaired) electrons. The second-order valence-corrected chi connectivity index (χ2v) is 5.71. The van der Waals surface area contributed by atoms with Gasteiger partial charge in [0.05, 0.1) is 5.56 Å². The Hall–Kier alpha value is -1.20. The van der Waals surface area contributed by atoms with Crippen LogP contribution in [0, 0.1) is 5.82 Å². The highest BCUT2D eigenvalue weighted by Gasteiger charge is 2.10. The van der Waals surface area contributed by atoms with Gasteiger partial charge in [-0.05, 0) is 51.8 Å². The maximum Gasteiger partial charge on any atom is 0.252 e. The average Bonchev–Trinajstić information content (AvgIpc) is 2.39. The van der Waals surface area contributed by atoms with Crippen LogP contribution in [0.1, 0.15) is 15.9 Å². The molecular formula is C14H10Br2FNO. The van der Waals surface area contributed by atoms with Gasteiger partial charge in [0, 0.05) is 15.5 Å². The van der Waals surface area contributed by atoms with E-state index >= 15 is 0 Å². The van der Waals surface area contributed by atoms with Crippen LogP contribution in [-0.4, -0.2) is 5.91 Å². The molecule has 19 heavy (non-hydrogen) atoms. The Morgan fingerprint density at radius 2 is 1.95 bits per heavy atom. The zero-order valence-corrected chi connectivity index (χ0v) is 13.0. The summed E-state index contributed by atoms with van der Waals surface area (Å²) in [7, 11) is 0. The first-order valence-corrected chi connectivity index (χ1v) is 7.12. The molecule has 0 saturated heterocycles. The summed E-state index contributed by atoms with van der Waals surface area (Å²) in [4.78, 5) is 12.0. The van der Waals surface area contributed by atoms with Crippen molar-refractivity contribution in [1.29, 1.82) is 0 Å². The van der Waals surface area contributed by atoms with Crippen LogP contribution in [-0.2, 0) is 6.54 Å². The fraction of sp³-hybridized carbons (Fsp3) is 0.0714. The number of carbonyl (C=O) groups excluding carboxylic acids is 1. The van der Waals surface area contributed by atoms with Crippen LogP contribution in [0.2, 0.25) is 0 Å². The van der Waals surface area contributed by atoms with Gasteiger partial charge >= 0.3 is 0 Å². The van der Waals surface area contributed by atoms with Crippen molar-refractivity contribution in [2.24, 2.45) is 0 Å². The molecule has 0 unspecified atom stereocenters. The Morgan fingerprint density at radius 1 is 1.16 bits per heavy atom. The number of benzene rings is 2. The second-order valence-electron chi connectivity index (χ2n) is 3.94. The van der Waals surface area contributed by atoms with Crippen molar-refractivity contribution in [2.75, 3.05) is 0 Å². The molecule has 2 aromatic rings. The first-order chi connectivity index (χ1) is 9.06. The average molecular weight is 387 g/mol. The quantitative estimate of drug-likeness (QED) is 0.837. The van der Waals surface area contributed by atoms with Gasteiger partial charge in [0.15, 0.2) is 0 Å². The normalized spacial score (nSPS) is 10.3. The molecule has 0 bridgehead atoms.